The molecule has 1 aromatic carbocycles. The predicted octanol–water partition coefficient (Wildman–Crippen LogP) is 3.01. The van der Waals surface area contributed by atoms with Crippen LogP contribution in [-0.2, 0) is 15.0 Å². The summed E-state index contributed by atoms with van der Waals surface area (Å²) in [6, 6.07) is 1.93. The van der Waals surface area contributed by atoms with E-state index in [-0.39, 0.29) is 22.2 Å². The highest BCUT2D eigenvalue weighted by atomic mass is 35.5. The quantitative estimate of drug-likeness (QED) is 0.747. The number of fused-ring (bicyclic) bond motifs is 1. The highest BCUT2D eigenvalue weighted by molar-refractivity contribution is 6.30. The molecule has 2 aliphatic rings. The summed E-state index contributed by atoms with van der Waals surface area (Å²) in [5, 5.41) is 4.59. The van der Waals surface area contributed by atoms with Crippen LogP contribution in [0.15, 0.2) is 18.2 Å². The summed E-state index contributed by atoms with van der Waals surface area (Å²) in [6.07, 6.45) is -3.46. The number of anilines is 1. The molecule has 0 radical (unpaired) electrons. The van der Waals surface area contributed by atoms with Crippen molar-refractivity contribution >= 4 is 29.1 Å². The van der Waals surface area contributed by atoms with E-state index in [9.17, 15) is 22.8 Å². The molecule has 1 saturated carbocycles. The number of hydrogen-bond donors (Lipinski definition) is 2. The highest BCUT2D eigenvalue weighted by Crippen LogP contribution is 2.49. The lowest BCUT2D eigenvalue weighted by Gasteiger charge is -2.42. The maximum atomic E-state index is 14.3. The lowest BCUT2D eigenvalue weighted by Crippen LogP contribution is -2.64. The summed E-state index contributed by atoms with van der Waals surface area (Å²) in [6.45, 7) is 1.05. The van der Waals surface area contributed by atoms with Crippen LogP contribution in [0.25, 0.3) is 0 Å². The largest absolute Gasteiger partial charge is 0.411 e. The first-order valence-electron chi connectivity index (χ1n) is 7.62. The number of halogens is 4. The minimum atomic E-state index is -4.90. The van der Waals surface area contributed by atoms with Gasteiger partial charge < -0.3 is 10.6 Å². The summed E-state index contributed by atoms with van der Waals surface area (Å²) in [5.74, 6) is 3.07. The van der Waals surface area contributed by atoms with Crippen molar-refractivity contribution in [3.8, 4) is 11.8 Å². The van der Waals surface area contributed by atoms with Crippen LogP contribution in [0.3, 0.4) is 0 Å². The van der Waals surface area contributed by atoms with Crippen LogP contribution >= 0.6 is 11.6 Å². The fraction of sp³-hybridized carbons (Fsp3) is 0.412. The summed E-state index contributed by atoms with van der Waals surface area (Å²) in [4.78, 5) is 23.8. The maximum Gasteiger partial charge on any atom is 0.411 e. The first-order valence-corrected chi connectivity index (χ1v) is 8.00. The van der Waals surface area contributed by atoms with E-state index in [0.29, 0.717) is 0 Å². The third-order valence-corrected chi connectivity index (χ3v) is 4.44. The number of carbonyl (C=O) groups excluding carboxylic acids is 2. The Balaban J connectivity index is 2.30. The fourth-order valence-corrected chi connectivity index (χ4v) is 3.03. The van der Waals surface area contributed by atoms with Crippen LogP contribution in [0.1, 0.15) is 25.3 Å². The van der Waals surface area contributed by atoms with E-state index in [1.807, 2.05) is 0 Å². The van der Waals surface area contributed by atoms with Gasteiger partial charge in [-0.3, -0.25) is 9.59 Å². The predicted molar refractivity (Wildman–Crippen MR) is 85.9 cm³/mol. The van der Waals surface area contributed by atoms with Crippen molar-refractivity contribution in [2.75, 3.05) is 5.32 Å². The van der Waals surface area contributed by atoms with Crippen LogP contribution in [-0.4, -0.2) is 24.0 Å². The van der Waals surface area contributed by atoms with Gasteiger partial charge in [-0.25, -0.2) is 0 Å². The number of alkyl halides is 3. The highest BCUT2D eigenvalue weighted by Gasteiger charge is 2.65. The van der Waals surface area contributed by atoms with Crippen molar-refractivity contribution < 1.29 is 22.8 Å². The number of benzene rings is 1. The Labute approximate surface area is 147 Å². The second-order valence-electron chi connectivity index (χ2n) is 6.16. The Hall–Kier alpha value is -2.20. The smallest absolute Gasteiger partial charge is 0.343 e. The van der Waals surface area contributed by atoms with E-state index in [4.69, 9.17) is 11.6 Å². The van der Waals surface area contributed by atoms with Crippen LogP contribution in [0.2, 0.25) is 5.02 Å². The first-order chi connectivity index (χ1) is 11.6. The van der Waals surface area contributed by atoms with Gasteiger partial charge in [-0.1, -0.05) is 23.4 Å². The van der Waals surface area contributed by atoms with Gasteiger partial charge in [0.05, 0.1) is 0 Å². The molecule has 4 nitrogen and oxygen atoms in total. The molecule has 2 N–H and O–H groups in total. The van der Waals surface area contributed by atoms with Crippen LogP contribution in [0.5, 0.6) is 0 Å². The van der Waals surface area contributed by atoms with Crippen molar-refractivity contribution in [1.29, 1.82) is 0 Å². The van der Waals surface area contributed by atoms with E-state index in [1.165, 1.54) is 12.1 Å². The first kappa shape index (κ1) is 17.6. The Morgan fingerprint density at radius 3 is 2.64 bits per heavy atom. The Morgan fingerprint density at radius 2 is 2.08 bits per heavy atom. The number of hydrogen-bond acceptors (Lipinski definition) is 2. The fourth-order valence-electron chi connectivity index (χ4n) is 2.86. The minimum absolute atomic E-state index is 0.0153. The average Bonchev–Trinajstić information content (AvgIpc) is 3.30. The molecule has 0 saturated heterocycles. The summed E-state index contributed by atoms with van der Waals surface area (Å²) in [7, 11) is 0. The van der Waals surface area contributed by atoms with Gasteiger partial charge in [0.25, 0.3) is 0 Å². The third kappa shape index (κ3) is 3.07. The summed E-state index contributed by atoms with van der Waals surface area (Å²) < 4.78 is 42.8. The van der Waals surface area contributed by atoms with Crippen molar-refractivity contribution in [3.05, 3.63) is 28.8 Å². The van der Waals surface area contributed by atoms with Crippen LogP contribution < -0.4 is 10.6 Å². The Kier molecular flexibility index (Phi) is 4.20. The molecule has 2 atom stereocenters. The topological polar surface area (TPSA) is 58.2 Å². The SMILES string of the molecule is CC(=O)NC1C(=O)Nc2ccc(Cl)cc2[C@@]1(C#CC1CC1)C(F)(F)F. The molecule has 1 aliphatic carbocycles. The molecule has 2 amide bonds. The van der Waals surface area contributed by atoms with Gasteiger partial charge >= 0.3 is 6.18 Å². The van der Waals surface area contributed by atoms with E-state index >= 15 is 0 Å². The Morgan fingerprint density at radius 1 is 1.40 bits per heavy atom. The molecule has 25 heavy (non-hydrogen) atoms. The maximum absolute atomic E-state index is 14.3. The Bertz CT molecular complexity index is 808. The zero-order chi connectivity index (χ0) is 18.4. The zero-order valence-electron chi connectivity index (χ0n) is 13.1. The number of nitrogens with one attached hydrogen (secondary N) is 2. The minimum Gasteiger partial charge on any atom is -0.343 e. The molecule has 1 heterocycles. The molecular weight excluding hydrogens is 357 g/mol. The van der Waals surface area contributed by atoms with Gasteiger partial charge in [0.1, 0.15) is 6.04 Å². The van der Waals surface area contributed by atoms with E-state index in [2.05, 4.69) is 22.5 Å². The van der Waals surface area contributed by atoms with Crippen molar-refractivity contribution in [1.82, 2.24) is 5.32 Å². The number of amides is 2. The molecule has 3 rings (SSSR count). The second-order valence-corrected chi connectivity index (χ2v) is 6.60. The van der Waals surface area contributed by atoms with E-state index in [0.717, 1.165) is 25.8 Å². The van der Waals surface area contributed by atoms with Gasteiger partial charge in [-0.2, -0.15) is 13.2 Å². The molecule has 132 valence electrons. The van der Waals surface area contributed by atoms with Crippen molar-refractivity contribution in [2.45, 2.75) is 37.4 Å². The molecule has 1 unspecified atom stereocenters. The lowest BCUT2D eigenvalue weighted by atomic mass is 9.70. The second kappa shape index (κ2) is 5.95. The molecule has 1 aliphatic heterocycles. The molecule has 1 fully saturated rings. The van der Waals surface area contributed by atoms with Crippen LogP contribution in [0, 0.1) is 17.8 Å². The van der Waals surface area contributed by atoms with Gasteiger partial charge in [0, 0.05) is 29.1 Å². The molecule has 8 heteroatoms. The van der Waals surface area contributed by atoms with Gasteiger partial charge in [0.2, 0.25) is 11.8 Å². The number of rotatable bonds is 1. The van der Waals surface area contributed by atoms with Gasteiger partial charge in [-0.15, -0.1) is 0 Å². The van der Waals surface area contributed by atoms with Crippen LogP contribution in [0.4, 0.5) is 18.9 Å². The summed E-state index contributed by atoms with van der Waals surface area (Å²) in [5.41, 5.74) is -3.14. The third-order valence-electron chi connectivity index (χ3n) is 4.21. The van der Waals surface area contributed by atoms with Gasteiger partial charge in [0.15, 0.2) is 5.41 Å². The normalized spacial score (nSPS) is 25.3. The van der Waals surface area contributed by atoms with E-state index in [1.54, 1.807) is 0 Å². The van der Waals surface area contributed by atoms with Crippen molar-refractivity contribution in [3.63, 3.8) is 0 Å². The lowest BCUT2D eigenvalue weighted by molar-refractivity contribution is -0.184. The molecule has 0 bridgehead atoms. The standard InChI is InChI=1S/C17H14ClF3N2O2/c1-9(24)22-14-15(25)23-13-5-4-11(18)8-12(13)16(14,17(19,20)21)7-6-10-2-3-10/h4-5,8,10,14H,2-3H2,1H3,(H,22,24)(H,23,25)/t14?,16-/m1/s1. The molecule has 0 aromatic heterocycles. The van der Waals surface area contributed by atoms with E-state index < -0.39 is 29.4 Å². The monoisotopic (exact) mass is 370 g/mol. The van der Waals surface area contributed by atoms with Gasteiger partial charge in [-0.05, 0) is 31.0 Å². The molecular formula is C17H14ClF3N2O2. The zero-order valence-corrected chi connectivity index (χ0v) is 13.9. The number of carbonyl (C=O) groups is 2. The summed E-state index contributed by atoms with van der Waals surface area (Å²) >= 11 is 5.90. The molecule has 1 aromatic rings. The van der Waals surface area contributed by atoms with Crippen molar-refractivity contribution in [2.24, 2.45) is 5.92 Å². The average molecular weight is 371 g/mol. The molecule has 0 spiro atoms.